The summed E-state index contributed by atoms with van der Waals surface area (Å²) < 4.78 is 0. The Morgan fingerprint density at radius 1 is 1.10 bits per heavy atom. The van der Waals surface area contributed by atoms with Gasteiger partial charge in [0.05, 0.1) is 0 Å². The van der Waals surface area contributed by atoms with Gasteiger partial charge in [-0.15, -0.1) is 0 Å². The molecule has 108 valence electrons. The van der Waals surface area contributed by atoms with Crippen LogP contribution in [-0.4, -0.2) is 22.8 Å². The van der Waals surface area contributed by atoms with Gasteiger partial charge in [0.2, 0.25) is 11.7 Å². The van der Waals surface area contributed by atoms with Crippen molar-refractivity contribution < 1.29 is 19.5 Å². The Hall–Kier alpha value is -2.17. The fourth-order valence-corrected chi connectivity index (χ4v) is 1.68. The second-order valence-corrected chi connectivity index (χ2v) is 4.58. The monoisotopic (exact) mass is 277 g/mol. The normalized spacial score (nSPS) is 10.1. The lowest BCUT2D eigenvalue weighted by molar-refractivity contribution is -0.149. The molecule has 1 rings (SSSR count). The number of amides is 1. The molecular formula is C15H19NO4. The first-order valence-corrected chi connectivity index (χ1v) is 6.68. The highest BCUT2D eigenvalue weighted by Crippen LogP contribution is 2.12. The van der Waals surface area contributed by atoms with Crippen LogP contribution in [0, 0.1) is 0 Å². The number of carbonyl (C=O) groups excluding carboxylic acids is 2. The number of Topliss-reactive ketones (excluding diaryl/α,β-unsaturated/α-hetero) is 1. The number of aliphatic carboxylic acids is 1. The van der Waals surface area contributed by atoms with Crippen molar-refractivity contribution in [2.24, 2.45) is 0 Å². The minimum absolute atomic E-state index is 0.0133. The van der Waals surface area contributed by atoms with Gasteiger partial charge in [-0.25, -0.2) is 4.79 Å². The minimum Gasteiger partial charge on any atom is -0.476 e. The lowest BCUT2D eigenvalue weighted by Gasteiger charge is -2.06. The summed E-state index contributed by atoms with van der Waals surface area (Å²) in [6.45, 7) is 2.03. The molecule has 0 bridgehead atoms. The van der Waals surface area contributed by atoms with Crippen LogP contribution in [-0.2, 0) is 20.8 Å². The molecule has 0 saturated carbocycles. The maximum atomic E-state index is 11.5. The van der Waals surface area contributed by atoms with Gasteiger partial charge >= 0.3 is 5.97 Å². The van der Waals surface area contributed by atoms with E-state index < -0.39 is 11.8 Å². The van der Waals surface area contributed by atoms with Crippen LogP contribution in [0.4, 0.5) is 5.69 Å². The number of carbonyl (C=O) groups is 3. The van der Waals surface area contributed by atoms with Crippen molar-refractivity contribution in [2.75, 3.05) is 5.32 Å². The molecule has 2 N–H and O–H groups in total. The van der Waals surface area contributed by atoms with Gasteiger partial charge in [-0.3, -0.25) is 9.59 Å². The van der Waals surface area contributed by atoms with Crippen LogP contribution < -0.4 is 5.32 Å². The average Bonchev–Trinajstić information content (AvgIpc) is 2.43. The molecule has 5 nitrogen and oxygen atoms in total. The summed E-state index contributed by atoms with van der Waals surface area (Å²) in [4.78, 5) is 32.9. The smallest absolute Gasteiger partial charge is 0.372 e. The van der Waals surface area contributed by atoms with Gasteiger partial charge < -0.3 is 10.4 Å². The van der Waals surface area contributed by atoms with Crippen LogP contribution >= 0.6 is 0 Å². The van der Waals surface area contributed by atoms with E-state index in [9.17, 15) is 14.4 Å². The maximum absolute atomic E-state index is 11.5. The summed E-state index contributed by atoms with van der Waals surface area (Å²) in [5.41, 5.74) is 1.57. The number of carboxylic acid groups (broad SMARTS) is 1. The second-order valence-electron chi connectivity index (χ2n) is 4.58. The highest BCUT2D eigenvalue weighted by atomic mass is 16.4. The van der Waals surface area contributed by atoms with Crippen molar-refractivity contribution in [3.8, 4) is 0 Å². The molecule has 0 radical (unpaired) electrons. The summed E-state index contributed by atoms with van der Waals surface area (Å²) in [5, 5.41) is 11.3. The van der Waals surface area contributed by atoms with Crippen molar-refractivity contribution >= 4 is 23.3 Å². The molecule has 0 saturated heterocycles. The zero-order valence-corrected chi connectivity index (χ0v) is 11.5. The number of anilines is 1. The first kappa shape index (κ1) is 15.9. The van der Waals surface area contributed by atoms with E-state index in [1.165, 1.54) is 0 Å². The molecule has 0 heterocycles. The molecule has 1 aromatic rings. The molecule has 0 fully saturated rings. The summed E-state index contributed by atoms with van der Waals surface area (Å²) in [6, 6.07) is 7.07. The number of aryl methyl sites for hydroxylation is 1. The third-order valence-corrected chi connectivity index (χ3v) is 2.87. The Kier molecular flexibility index (Phi) is 6.43. The molecule has 0 spiro atoms. The zero-order valence-electron chi connectivity index (χ0n) is 11.5. The quantitative estimate of drug-likeness (QED) is 0.715. The van der Waals surface area contributed by atoms with E-state index in [1.807, 2.05) is 6.92 Å². The Balaban J connectivity index is 2.46. The van der Waals surface area contributed by atoms with Crippen molar-refractivity contribution in [1.29, 1.82) is 0 Å². The third-order valence-electron chi connectivity index (χ3n) is 2.87. The topological polar surface area (TPSA) is 83.5 Å². The molecule has 1 aromatic carbocycles. The van der Waals surface area contributed by atoms with E-state index in [0.29, 0.717) is 18.5 Å². The number of carboxylic acids is 1. The van der Waals surface area contributed by atoms with Crippen LogP contribution in [0.2, 0.25) is 0 Å². The molecule has 1 amide bonds. The number of rotatable bonds is 8. The SMILES string of the molecule is CCCCC(=O)Nc1ccc(CCC(=O)C(=O)O)cc1. The number of benzene rings is 1. The molecule has 0 aliphatic rings. The van der Waals surface area contributed by atoms with Crippen LogP contribution in [0.1, 0.15) is 38.2 Å². The van der Waals surface area contributed by atoms with E-state index in [4.69, 9.17) is 5.11 Å². The Morgan fingerprint density at radius 2 is 1.75 bits per heavy atom. The highest BCUT2D eigenvalue weighted by molar-refractivity contribution is 6.32. The highest BCUT2D eigenvalue weighted by Gasteiger charge is 2.10. The number of ketones is 1. The van der Waals surface area contributed by atoms with Crippen molar-refractivity contribution in [3.05, 3.63) is 29.8 Å². The van der Waals surface area contributed by atoms with Gasteiger partial charge in [0.25, 0.3) is 0 Å². The van der Waals surface area contributed by atoms with E-state index in [1.54, 1.807) is 24.3 Å². The van der Waals surface area contributed by atoms with Crippen molar-refractivity contribution in [3.63, 3.8) is 0 Å². The standard InChI is InChI=1S/C15H19NO4/c1-2-3-4-14(18)16-12-8-5-11(6-9-12)7-10-13(17)15(19)20/h5-6,8-9H,2-4,7,10H2,1H3,(H,16,18)(H,19,20). The molecule has 0 aliphatic heterocycles. The van der Waals surface area contributed by atoms with E-state index in [0.717, 1.165) is 18.4 Å². The summed E-state index contributed by atoms with van der Waals surface area (Å²) in [7, 11) is 0. The Morgan fingerprint density at radius 3 is 2.30 bits per heavy atom. The maximum Gasteiger partial charge on any atom is 0.372 e. The number of unbranched alkanes of at least 4 members (excludes halogenated alkanes) is 1. The molecular weight excluding hydrogens is 258 g/mol. The molecule has 0 aliphatic carbocycles. The van der Waals surface area contributed by atoms with Crippen LogP contribution in [0.25, 0.3) is 0 Å². The average molecular weight is 277 g/mol. The molecule has 5 heteroatoms. The predicted molar refractivity (Wildman–Crippen MR) is 75.6 cm³/mol. The lowest BCUT2D eigenvalue weighted by Crippen LogP contribution is -2.13. The van der Waals surface area contributed by atoms with Gasteiger partial charge in [0, 0.05) is 18.5 Å². The van der Waals surface area contributed by atoms with Gasteiger partial charge in [-0.05, 0) is 30.5 Å². The minimum atomic E-state index is -1.40. The van der Waals surface area contributed by atoms with Gasteiger partial charge in [0.15, 0.2) is 0 Å². The number of nitrogens with one attached hydrogen (secondary N) is 1. The van der Waals surface area contributed by atoms with Gasteiger partial charge in [-0.1, -0.05) is 25.5 Å². The first-order valence-electron chi connectivity index (χ1n) is 6.68. The van der Waals surface area contributed by atoms with Crippen LogP contribution in [0.5, 0.6) is 0 Å². The van der Waals surface area contributed by atoms with Gasteiger partial charge in [-0.2, -0.15) is 0 Å². The molecule has 20 heavy (non-hydrogen) atoms. The largest absolute Gasteiger partial charge is 0.476 e. The van der Waals surface area contributed by atoms with Gasteiger partial charge in [0.1, 0.15) is 0 Å². The molecule has 0 atom stereocenters. The van der Waals surface area contributed by atoms with E-state index in [-0.39, 0.29) is 12.3 Å². The Bertz CT molecular complexity index is 479. The Labute approximate surface area is 118 Å². The van der Waals surface area contributed by atoms with E-state index in [2.05, 4.69) is 5.32 Å². The van der Waals surface area contributed by atoms with Crippen LogP contribution in [0.15, 0.2) is 24.3 Å². The lowest BCUT2D eigenvalue weighted by atomic mass is 10.1. The van der Waals surface area contributed by atoms with E-state index >= 15 is 0 Å². The summed E-state index contributed by atoms with van der Waals surface area (Å²) >= 11 is 0. The van der Waals surface area contributed by atoms with Crippen LogP contribution in [0.3, 0.4) is 0 Å². The van der Waals surface area contributed by atoms with Crippen molar-refractivity contribution in [1.82, 2.24) is 0 Å². The number of hydrogen-bond acceptors (Lipinski definition) is 3. The summed E-state index contributed by atoms with van der Waals surface area (Å²) in [5.74, 6) is -2.20. The fraction of sp³-hybridized carbons (Fsp3) is 0.400. The zero-order chi connectivity index (χ0) is 15.0. The summed E-state index contributed by atoms with van der Waals surface area (Å²) in [6.07, 6.45) is 2.71. The van der Waals surface area contributed by atoms with Crippen molar-refractivity contribution in [2.45, 2.75) is 39.0 Å². The molecule has 0 unspecified atom stereocenters. The predicted octanol–water partition coefficient (Wildman–Crippen LogP) is 2.40. The third kappa shape index (κ3) is 5.65. The number of hydrogen-bond donors (Lipinski definition) is 2. The fourth-order valence-electron chi connectivity index (χ4n) is 1.68. The first-order chi connectivity index (χ1) is 9.52. The second kappa shape index (κ2) is 8.09. The molecule has 0 aromatic heterocycles.